The van der Waals surface area contributed by atoms with Crippen molar-refractivity contribution >= 4 is 10.1 Å². The van der Waals surface area contributed by atoms with E-state index in [0.29, 0.717) is 18.6 Å². The summed E-state index contributed by atoms with van der Waals surface area (Å²) in [6.45, 7) is 0. The topological polar surface area (TPSA) is 63.6 Å². The normalized spacial score (nSPS) is 25.5. The molecule has 0 bridgehead atoms. The molecule has 0 aliphatic heterocycles. The smallest absolute Gasteiger partial charge is 0.314 e. The number of rotatable bonds is 3. The van der Waals surface area contributed by atoms with Gasteiger partial charge in [-0.1, -0.05) is 31.0 Å². The summed E-state index contributed by atoms with van der Waals surface area (Å²) < 4.78 is 29.0. The third-order valence-electron chi connectivity index (χ3n) is 2.99. The van der Waals surface area contributed by atoms with Crippen LogP contribution < -0.4 is 4.18 Å². The molecule has 2 atom stereocenters. The fourth-order valence-electron chi connectivity index (χ4n) is 2.09. The second kappa shape index (κ2) is 5.06. The van der Waals surface area contributed by atoms with Gasteiger partial charge in [-0.15, -0.1) is 0 Å². The Morgan fingerprint density at radius 3 is 2.41 bits per heavy atom. The van der Waals surface area contributed by atoms with Gasteiger partial charge in [-0.2, -0.15) is 8.42 Å². The molecule has 1 saturated carbocycles. The third-order valence-corrected chi connectivity index (χ3v) is 4.71. The highest BCUT2D eigenvalue weighted by Crippen LogP contribution is 2.26. The first-order valence-corrected chi connectivity index (χ1v) is 7.23. The predicted molar refractivity (Wildman–Crippen MR) is 64.3 cm³/mol. The SMILES string of the molecule is O=S(=O)(Oc1ccccc1)C1CCCCC1O. The Balaban J connectivity index is 2.13. The van der Waals surface area contributed by atoms with Gasteiger partial charge in [0.1, 0.15) is 11.0 Å². The Hall–Kier alpha value is -1.07. The molecule has 1 N–H and O–H groups in total. The number of para-hydroxylation sites is 1. The van der Waals surface area contributed by atoms with E-state index >= 15 is 0 Å². The van der Waals surface area contributed by atoms with Crippen molar-refractivity contribution in [3.63, 3.8) is 0 Å². The molecule has 1 fully saturated rings. The highest BCUT2D eigenvalue weighted by atomic mass is 32.2. The molecule has 0 saturated heterocycles. The first-order valence-electron chi connectivity index (χ1n) is 5.76. The molecule has 2 unspecified atom stereocenters. The zero-order chi connectivity index (χ0) is 12.3. The number of aliphatic hydroxyl groups excluding tert-OH is 1. The lowest BCUT2D eigenvalue weighted by Gasteiger charge is -2.26. The largest absolute Gasteiger partial charge is 0.392 e. The minimum Gasteiger partial charge on any atom is -0.392 e. The van der Waals surface area contributed by atoms with E-state index in [1.54, 1.807) is 30.3 Å². The van der Waals surface area contributed by atoms with Crippen LogP contribution in [-0.2, 0) is 10.1 Å². The fraction of sp³-hybridized carbons (Fsp3) is 0.500. The van der Waals surface area contributed by atoms with Crippen molar-refractivity contribution in [2.24, 2.45) is 0 Å². The van der Waals surface area contributed by atoms with E-state index in [0.717, 1.165) is 12.8 Å². The van der Waals surface area contributed by atoms with E-state index in [1.807, 2.05) is 0 Å². The molecule has 0 aromatic heterocycles. The van der Waals surface area contributed by atoms with E-state index in [1.165, 1.54) is 0 Å². The molecule has 0 spiro atoms. The van der Waals surface area contributed by atoms with Gasteiger partial charge in [-0.05, 0) is 25.0 Å². The summed E-state index contributed by atoms with van der Waals surface area (Å²) in [4.78, 5) is 0. The van der Waals surface area contributed by atoms with Crippen molar-refractivity contribution in [1.29, 1.82) is 0 Å². The molecule has 4 nitrogen and oxygen atoms in total. The Labute approximate surface area is 101 Å². The fourth-order valence-corrected chi connectivity index (χ4v) is 3.57. The van der Waals surface area contributed by atoms with Crippen LogP contribution in [0.1, 0.15) is 25.7 Å². The van der Waals surface area contributed by atoms with Crippen molar-refractivity contribution in [2.75, 3.05) is 0 Å². The van der Waals surface area contributed by atoms with Crippen molar-refractivity contribution in [3.05, 3.63) is 30.3 Å². The van der Waals surface area contributed by atoms with E-state index in [2.05, 4.69) is 0 Å². The maximum absolute atomic E-state index is 12.0. The lowest BCUT2D eigenvalue weighted by molar-refractivity contribution is 0.130. The summed E-state index contributed by atoms with van der Waals surface area (Å²) in [5.74, 6) is 0.297. The molecule has 0 heterocycles. The van der Waals surface area contributed by atoms with Crippen LogP contribution in [0.15, 0.2) is 30.3 Å². The second-order valence-electron chi connectivity index (χ2n) is 4.28. The molecule has 1 aromatic rings. The van der Waals surface area contributed by atoms with Crippen LogP contribution in [0.5, 0.6) is 5.75 Å². The number of hydrogen-bond acceptors (Lipinski definition) is 4. The van der Waals surface area contributed by atoms with Gasteiger partial charge < -0.3 is 9.29 Å². The van der Waals surface area contributed by atoms with Gasteiger partial charge in [0.15, 0.2) is 0 Å². The Morgan fingerprint density at radius 2 is 1.76 bits per heavy atom. The van der Waals surface area contributed by atoms with Crippen LogP contribution in [0.2, 0.25) is 0 Å². The maximum atomic E-state index is 12.0. The first-order chi connectivity index (χ1) is 8.09. The predicted octanol–water partition coefficient (Wildman–Crippen LogP) is 1.70. The van der Waals surface area contributed by atoms with Gasteiger partial charge in [-0.3, -0.25) is 0 Å². The summed E-state index contributed by atoms with van der Waals surface area (Å²) in [6.07, 6.45) is 1.88. The number of benzene rings is 1. The van der Waals surface area contributed by atoms with Crippen molar-refractivity contribution < 1.29 is 17.7 Å². The molecule has 2 rings (SSSR count). The lowest BCUT2D eigenvalue weighted by Crippen LogP contribution is -2.39. The number of hydrogen-bond donors (Lipinski definition) is 1. The van der Waals surface area contributed by atoms with Crippen LogP contribution in [0.25, 0.3) is 0 Å². The molecule has 1 aromatic carbocycles. The Morgan fingerprint density at radius 1 is 1.12 bits per heavy atom. The minimum atomic E-state index is -3.74. The van der Waals surface area contributed by atoms with Crippen LogP contribution in [-0.4, -0.2) is 24.9 Å². The van der Waals surface area contributed by atoms with Crippen LogP contribution in [0.3, 0.4) is 0 Å². The van der Waals surface area contributed by atoms with Crippen molar-refractivity contribution in [2.45, 2.75) is 37.0 Å². The zero-order valence-corrected chi connectivity index (χ0v) is 10.3. The van der Waals surface area contributed by atoms with Gasteiger partial charge in [-0.25, -0.2) is 0 Å². The van der Waals surface area contributed by atoms with E-state index in [9.17, 15) is 13.5 Å². The molecular formula is C12H16O4S. The highest BCUT2D eigenvalue weighted by molar-refractivity contribution is 7.87. The van der Waals surface area contributed by atoms with Gasteiger partial charge in [0, 0.05) is 0 Å². The van der Waals surface area contributed by atoms with Crippen molar-refractivity contribution in [3.8, 4) is 5.75 Å². The van der Waals surface area contributed by atoms with Crippen LogP contribution in [0, 0.1) is 0 Å². The van der Waals surface area contributed by atoms with E-state index in [-0.39, 0.29) is 0 Å². The van der Waals surface area contributed by atoms with Gasteiger partial charge in [0.05, 0.1) is 6.10 Å². The first kappa shape index (κ1) is 12.4. The summed E-state index contributed by atoms with van der Waals surface area (Å²) in [7, 11) is -3.74. The molecule has 0 radical (unpaired) electrons. The Kier molecular flexibility index (Phi) is 3.69. The molecule has 17 heavy (non-hydrogen) atoms. The van der Waals surface area contributed by atoms with Gasteiger partial charge >= 0.3 is 10.1 Å². The lowest BCUT2D eigenvalue weighted by atomic mass is 9.97. The maximum Gasteiger partial charge on any atom is 0.314 e. The monoisotopic (exact) mass is 256 g/mol. The Bertz CT molecular complexity index is 455. The summed E-state index contributed by atoms with van der Waals surface area (Å²) >= 11 is 0. The number of aliphatic hydroxyl groups is 1. The molecular weight excluding hydrogens is 240 g/mol. The minimum absolute atomic E-state index is 0.297. The van der Waals surface area contributed by atoms with Crippen LogP contribution in [0.4, 0.5) is 0 Å². The molecule has 5 heteroatoms. The molecule has 0 amide bonds. The zero-order valence-electron chi connectivity index (χ0n) is 9.45. The summed E-state index contributed by atoms with van der Waals surface area (Å²) in [5.41, 5.74) is 0. The van der Waals surface area contributed by atoms with Crippen molar-refractivity contribution in [1.82, 2.24) is 0 Å². The van der Waals surface area contributed by atoms with E-state index in [4.69, 9.17) is 4.18 Å². The quantitative estimate of drug-likeness (QED) is 0.836. The highest BCUT2D eigenvalue weighted by Gasteiger charge is 2.36. The van der Waals surface area contributed by atoms with Gasteiger partial charge in [0.25, 0.3) is 0 Å². The third kappa shape index (κ3) is 2.98. The molecule has 94 valence electrons. The summed E-state index contributed by atoms with van der Waals surface area (Å²) in [5, 5.41) is 8.93. The average Bonchev–Trinajstić information content (AvgIpc) is 2.30. The molecule has 1 aliphatic carbocycles. The summed E-state index contributed by atoms with van der Waals surface area (Å²) in [6, 6.07) is 8.39. The average molecular weight is 256 g/mol. The van der Waals surface area contributed by atoms with Crippen LogP contribution >= 0.6 is 0 Å². The van der Waals surface area contributed by atoms with Gasteiger partial charge in [0.2, 0.25) is 0 Å². The standard InChI is InChI=1S/C12H16O4S/c13-11-8-4-5-9-12(11)17(14,15)16-10-6-2-1-3-7-10/h1-3,6-7,11-13H,4-5,8-9H2. The van der Waals surface area contributed by atoms with E-state index < -0.39 is 21.5 Å². The second-order valence-corrected chi connectivity index (χ2v) is 6.04. The molecule has 1 aliphatic rings.